The summed E-state index contributed by atoms with van der Waals surface area (Å²) >= 11 is 0. The van der Waals surface area contributed by atoms with E-state index >= 15 is 0 Å². The summed E-state index contributed by atoms with van der Waals surface area (Å²) in [5.74, 6) is 2.49. The van der Waals surface area contributed by atoms with E-state index in [-0.39, 0.29) is 0 Å². The second-order valence-corrected chi connectivity index (χ2v) is 4.62. The largest absolute Gasteiger partial charge is 0.316 e. The third-order valence-corrected chi connectivity index (χ3v) is 3.26. The van der Waals surface area contributed by atoms with E-state index in [1.807, 2.05) is 0 Å². The number of allylic oxidation sites excluding steroid dienone is 1. The zero-order valence-corrected chi connectivity index (χ0v) is 9.92. The lowest BCUT2D eigenvalue weighted by atomic mass is 9.77. The predicted octanol–water partition coefficient (Wildman–Crippen LogP) is 3.22. The van der Waals surface area contributed by atoms with Crippen LogP contribution in [-0.4, -0.2) is 13.1 Å². The zero-order valence-electron chi connectivity index (χ0n) is 9.92. The third-order valence-electron chi connectivity index (χ3n) is 3.26. The lowest BCUT2D eigenvalue weighted by molar-refractivity contribution is 0.289. The van der Waals surface area contributed by atoms with Gasteiger partial charge in [-0.3, -0.25) is 0 Å². The van der Waals surface area contributed by atoms with Crippen molar-refractivity contribution in [3.63, 3.8) is 0 Å². The molecular weight excluding hydrogens is 170 g/mol. The van der Waals surface area contributed by atoms with E-state index < -0.39 is 0 Å². The Morgan fingerprint density at radius 3 is 2.71 bits per heavy atom. The first-order valence-electron chi connectivity index (χ1n) is 6.16. The van der Waals surface area contributed by atoms with Gasteiger partial charge < -0.3 is 5.32 Å². The molecule has 0 aromatic heterocycles. The molecule has 0 spiro atoms. The van der Waals surface area contributed by atoms with Crippen molar-refractivity contribution in [2.24, 2.45) is 17.8 Å². The van der Waals surface area contributed by atoms with Crippen LogP contribution in [-0.2, 0) is 0 Å². The highest BCUT2D eigenvalue weighted by Gasteiger charge is 2.23. The van der Waals surface area contributed by atoms with E-state index in [2.05, 4.69) is 38.2 Å². The first-order chi connectivity index (χ1) is 6.77. The van der Waals surface area contributed by atoms with Crippen LogP contribution in [0.1, 0.15) is 40.0 Å². The minimum absolute atomic E-state index is 0.783. The quantitative estimate of drug-likeness (QED) is 0.664. The van der Waals surface area contributed by atoms with Crippen molar-refractivity contribution < 1.29 is 0 Å². The molecule has 0 saturated heterocycles. The summed E-state index contributed by atoms with van der Waals surface area (Å²) in [6.07, 6.45) is 8.95. The molecule has 0 bridgehead atoms. The van der Waals surface area contributed by atoms with Crippen molar-refractivity contribution in [3.8, 4) is 0 Å². The molecule has 1 nitrogen and oxygen atoms in total. The van der Waals surface area contributed by atoms with E-state index in [9.17, 15) is 0 Å². The Bertz CT molecular complexity index is 174. The molecule has 0 aliphatic heterocycles. The average molecular weight is 195 g/mol. The van der Waals surface area contributed by atoms with E-state index in [0.717, 1.165) is 24.3 Å². The molecule has 82 valence electrons. The van der Waals surface area contributed by atoms with E-state index in [0.29, 0.717) is 0 Å². The molecule has 0 aromatic rings. The summed E-state index contributed by atoms with van der Waals surface area (Å²) in [6, 6.07) is 0. The van der Waals surface area contributed by atoms with Gasteiger partial charge in [0.2, 0.25) is 0 Å². The van der Waals surface area contributed by atoms with Crippen LogP contribution < -0.4 is 5.32 Å². The highest BCUT2D eigenvalue weighted by molar-refractivity contribution is 5.00. The Kier molecular flexibility index (Phi) is 5.24. The Balaban J connectivity index is 2.46. The maximum absolute atomic E-state index is 3.47. The maximum Gasteiger partial charge on any atom is 0.00167 e. The number of rotatable bonds is 5. The van der Waals surface area contributed by atoms with Crippen molar-refractivity contribution in [1.82, 2.24) is 5.32 Å². The Morgan fingerprint density at radius 2 is 2.07 bits per heavy atom. The van der Waals surface area contributed by atoms with Gasteiger partial charge in [-0.05, 0) is 30.7 Å². The summed E-state index contributed by atoms with van der Waals surface area (Å²) < 4.78 is 0. The SMILES string of the molecule is CCCC1CC(C)C=CC1CNCC. The highest BCUT2D eigenvalue weighted by atomic mass is 14.8. The molecule has 0 heterocycles. The fourth-order valence-electron chi connectivity index (χ4n) is 2.47. The van der Waals surface area contributed by atoms with Crippen molar-refractivity contribution in [2.75, 3.05) is 13.1 Å². The minimum Gasteiger partial charge on any atom is -0.316 e. The van der Waals surface area contributed by atoms with Crippen molar-refractivity contribution in [1.29, 1.82) is 0 Å². The summed E-state index contributed by atoms with van der Waals surface area (Å²) in [5, 5.41) is 3.47. The molecule has 1 heteroatoms. The fraction of sp³-hybridized carbons (Fsp3) is 0.846. The smallest absolute Gasteiger partial charge is 0.00167 e. The minimum atomic E-state index is 0.783. The Labute approximate surface area is 89.0 Å². The second kappa shape index (κ2) is 6.23. The standard InChI is InChI=1S/C13H25N/c1-4-6-12-9-11(3)7-8-13(12)10-14-5-2/h7-8,11-14H,4-6,9-10H2,1-3H3. The molecule has 0 saturated carbocycles. The monoisotopic (exact) mass is 195 g/mol. The van der Waals surface area contributed by atoms with E-state index in [4.69, 9.17) is 0 Å². The first kappa shape index (κ1) is 11.8. The van der Waals surface area contributed by atoms with Gasteiger partial charge in [-0.2, -0.15) is 0 Å². The highest BCUT2D eigenvalue weighted by Crippen LogP contribution is 2.31. The van der Waals surface area contributed by atoms with Crippen LogP contribution in [0.15, 0.2) is 12.2 Å². The molecule has 0 amide bonds. The Hall–Kier alpha value is -0.300. The van der Waals surface area contributed by atoms with E-state index in [1.165, 1.54) is 25.8 Å². The fourth-order valence-corrected chi connectivity index (χ4v) is 2.47. The van der Waals surface area contributed by atoms with Crippen LogP contribution >= 0.6 is 0 Å². The molecule has 3 unspecified atom stereocenters. The normalized spacial score (nSPS) is 32.1. The molecule has 1 N–H and O–H groups in total. The van der Waals surface area contributed by atoms with Gasteiger partial charge in [0.1, 0.15) is 0 Å². The molecular formula is C13H25N. The number of hydrogen-bond donors (Lipinski definition) is 1. The molecule has 14 heavy (non-hydrogen) atoms. The van der Waals surface area contributed by atoms with Crippen molar-refractivity contribution >= 4 is 0 Å². The van der Waals surface area contributed by atoms with Gasteiger partial charge in [0.25, 0.3) is 0 Å². The van der Waals surface area contributed by atoms with Gasteiger partial charge in [-0.25, -0.2) is 0 Å². The lowest BCUT2D eigenvalue weighted by Gasteiger charge is -2.30. The maximum atomic E-state index is 3.47. The van der Waals surface area contributed by atoms with Crippen LogP contribution in [0.25, 0.3) is 0 Å². The Morgan fingerprint density at radius 1 is 1.29 bits per heavy atom. The number of nitrogens with one attached hydrogen (secondary N) is 1. The summed E-state index contributed by atoms with van der Waals surface area (Å²) in [4.78, 5) is 0. The first-order valence-corrected chi connectivity index (χ1v) is 6.16. The average Bonchev–Trinajstić information content (AvgIpc) is 2.17. The van der Waals surface area contributed by atoms with Crippen LogP contribution in [0, 0.1) is 17.8 Å². The van der Waals surface area contributed by atoms with Gasteiger partial charge in [0, 0.05) is 6.54 Å². The predicted molar refractivity (Wildman–Crippen MR) is 63.4 cm³/mol. The second-order valence-electron chi connectivity index (χ2n) is 4.62. The zero-order chi connectivity index (χ0) is 10.4. The van der Waals surface area contributed by atoms with Crippen LogP contribution in [0.3, 0.4) is 0 Å². The number of hydrogen-bond acceptors (Lipinski definition) is 1. The summed E-state index contributed by atoms with van der Waals surface area (Å²) in [5.41, 5.74) is 0. The van der Waals surface area contributed by atoms with Crippen LogP contribution in [0.2, 0.25) is 0 Å². The van der Waals surface area contributed by atoms with Gasteiger partial charge >= 0.3 is 0 Å². The lowest BCUT2D eigenvalue weighted by Crippen LogP contribution is -2.29. The van der Waals surface area contributed by atoms with Gasteiger partial charge in [0.05, 0.1) is 0 Å². The topological polar surface area (TPSA) is 12.0 Å². The molecule has 1 rings (SSSR count). The molecule has 0 aromatic carbocycles. The van der Waals surface area contributed by atoms with Crippen molar-refractivity contribution in [3.05, 3.63) is 12.2 Å². The van der Waals surface area contributed by atoms with Crippen LogP contribution in [0.4, 0.5) is 0 Å². The summed E-state index contributed by atoms with van der Waals surface area (Å²) in [7, 11) is 0. The molecule has 1 aliphatic rings. The van der Waals surface area contributed by atoms with Gasteiger partial charge in [-0.1, -0.05) is 45.8 Å². The molecule has 3 atom stereocenters. The molecule has 0 radical (unpaired) electrons. The third kappa shape index (κ3) is 3.45. The van der Waals surface area contributed by atoms with Gasteiger partial charge in [-0.15, -0.1) is 0 Å². The summed E-state index contributed by atoms with van der Waals surface area (Å²) in [6.45, 7) is 9.09. The van der Waals surface area contributed by atoms with Crippen LogP contribution in [0.5, 0.6) is 0 Å². The van der Waals surface area contributed by atoms with E-state index in [1.54, 1.807) is 0 Å². The molecule has 1 aliphatic carbocycles. The van der Waals surface area contributed by atoms with Crippen molar-refractivity contribution in [2.45, 2.75) is 40.0 Å². The molecule has 0 fully saturated rings. The van der Waals surface area contributed by atoms with Gasteiger partial charge in [0.15, 0.2) is 0 Å².